The fraction of sp³-hybridized carbons (Fsp3) is 0.683. The largest absolute Gasteiger partial charge is 0.449 e. The minimum absolute atomic E-state index is 0.0519. The van der Waals surface area contributed by atoms with Crippen molar-refractivity contribution in [3.05, 3.63) is 59.7 Å². The summed E-state index contributed by atoms with van der Waals surface area (Å²) in [6.45, 7) is 8.48. The summed E-state index contributed by atoms with van der Waals surface area (Å²) >= 11 is 0. The Balaban J connectivity index is 0.979. The first-order chi connectivity index (χ1) is 24.3. The molecule has 276 valence electrons. The molecular weight excluding hydrogens is 618 g/mol. The van der Waals surface area contributed by atoms with Crippen LogP contribution in [0.2, 0.25) is 0 Å². The maximum atomic E-state index is 12.2. The number of unbranched alkanes of at least 4 members (excludes halogenated alkanes) is 13. The molecule has 0 heterocycles. The number of fused-ring (bicyclic) bond motifs is 3. The van der Waals surface area contributed by atoms with E-state index in [4.69, 9.17) is 28.4 Å². The van der Waals surface area contributed by atoms with Gasteiger partial charge in [-0.15, -0.1) is 0 Å². The van der Waals surface area contributed by atoms with Gasteiger partial charge in [0.1, 0.15) is 6.61 Å². The molecule has 0 radical (unpaired) electrons. The van der Waals surface area contributed by atoms with Gasteiger partial charge in [0.15, 0.2) is 0 Å². The second-order valence-electron chi connectivity index (χ2n) is 12.9. The number of hydrogen-bond donors (Lipinski definition) is 1. The van der Waals surface area contributed by atoms with Gasteiger partial charge >= 0.3 is 6.09 Å². The topological polar surface area (TPSA) is 84.5 Å². The van der Waals surface area contributed by atoms with Gasteiger partial charge < -0.3 is 33.7 Å². The first-order valence-corrected chi connectivity index (χ1v) is 19.3. The molecular formula is C41H65NO7. The Kier molecular flexibility index (Phi) is 23.6. The van der Waals surface area contributed by atoms with Crippen LogP contribution in [-0.2, 0) is 28.4 Å². The molecule has 2 aromatic carbocycles. The van der Waals surface area contributed by atoms with Crippen LogP contribution in [0.5, 0.6) is 0 Å². The van der Waals surface area contributed by atoms with Gasteiger partial charge in [-0.2, -0.15) is 0 Å². The number of alkyl carbamates (subject to hydrolysis) is 1. The van der Waals surface area contributed by atoms with E-state index in [1.807, 2.05) is 24.3 Å². The van der Waals surface area contributed by atoms with Crippen molar-refractivity contribution in [3.8, 4) is 11.1 Å². The van der Waals surface area contributed by atoms with Gasteiger partial charge in [-0.05, 0) is 28.7 Å². The number of nitrogens with one attached hydrogen (secondary N) is 1. The van der Waals surface area contributed by atoms with Gasteiger partial charge in [0.2, 0.25) is 0 Å². The summed E-state index contributed by atoms with van der Waals surface area (Å²) in [6, 6.07) is 16.6. The number of hydrogen-bond acceptors (Lipinski definition) is 7. The van der Waals surface area contributed by atoms with E-state index in [1.54, 1.807) is 0 Å². The predicted octanol–water partition coefficient (Wildman–Crippen LogP) is 9.09. The normalized spacial score (nSPS) is 12.3. The first-order valence-electron chi connectivity index (χ1n) is 19.3. The van der Waals surface area contributed by atoms with Crippen molar-refractivity contribution in [1.82, 2.24) is 5.32 Å². The van der Waals surface area contributed by atoms with Gasteiger partial charge in [0, 0.05) is 19.1 Å². The van der Waals surface area contributed by atoms with Crippen LogP contribution < -0.4 is 5.32 Å². The van der Waals surface area contributed by atoms with Crippen LogP contribution in [0.1, 0.15) is 114 Å². The fourth-order valence-corrected chi connectivity index (χ4v) is 6.26. The van der Waals surface area contributed by atoms with Crippen LogP contribution in [0, 0.1) is 0 Å². The van der Waals surface area contributed by atoms with E-state index < -0.39 is 6.09 Å². The molecule has 2 aromatic rings. The average molecular weight is 684 g/mol. The molecule has 1 aliphatic rings. The number of ether oxygens (including phenoxy) is 6. The minimum atomic E-state index is -0.435. The Bertz CT molecular complexity index is 1050. The molecule has 0 spiro atoms. The lowest BCUT2D eigenvalue weighted by Crippen LogP contribution is -2.29. The summed E-state index contributed by atoms with van der Waals surface area (Å²) in [7, 11) is 0. The third kappa shape index (κ3) is 18.4. The highest BCUT2D eigenvalue weighted by Crippen LogP contribution is 2.44. The molecule has 0 atom stereocenters. The zero-order valence-electron chi connectivity index (χ0n) is 30.4. The van der Waals surface area contributed by atoms with Crippen LogP contribution in [0.3, 0.4) is 0 Å². The van der Waals surface area contributed by atoms with Crippen molar-refractivity contribution in [2.45, 2.75) is 103 Å². The fourth-order valence-electron chi connectivity index (χ4n) is 6.26. The monoisotopic (exact) mass is 683 g/mol. The van der Waals surface area contributed by atoms with Crippen LogP contribution in [0.25, 0.3) is 11.1 Å². The number of carbonyl (C=O) groups is 1. The van der Waals surface area contributed by atoms with Crippen molar-refractivity contribution in [2.24, 2.45) is 0 Å². The van der Waals surface area contributed by atoms with Gasteiger partial charge in [0.05, 0.1) is 59.5 Å². The molecule has 0 fully saturated rings. The van der Waals surface area contributed by atoms with Crippen molar-refractivity contribution < 1.29 is 33.2 Å². The zero-order valence-corrected chi connectivity index (χ0v) is 30.4. The van der Waals surface area contributed by atoms with Gasteiger partial charge in [-0.1, -0.05) is 139 Å². The minimum Gasteiger partial charge on any atom is -0.449 e. The lowest BCUT2D eigenvalue weighted by atomic mass is 9.98. The zero-order chi connectivity index (χ0) is 34.5. The van der Waals surface area contributed by atoms with E-state index in [-0.39, 0.29) is 5.92 Å². The second-order valence-corrected chi connectivity index (χ2v) is 12.9. The van der Waals surface area contributed by atoms with E-state index in [0.29, 0.717) is 72.6 Å². The van der Waals surface area contributed by atoms with E-state index in [2.05, 4.69) is 36.5 Å². The van der Waals surface area contributed by atoms with E-state index >= 15 is 0 Å². The highest BCUT2D eigenvalue weighted by molar-refractivity contribution is 5.79. The maximum Gasteiger partial charge on any atom is 0.407 e. The summed E-state index contributed by atoms with van der Waals surface area (Å²) in [5.41, 5.74) is 4.82. The Morgan fingerprint density at radius 1 is 0.510 bits per heavy atom. The molecule has 1 aliphatic carbocycles. The Hall–Kier alpha value is -2.49. The summed E-state index contributed by atoms with van der Waals surface area (Å²) in [6.07, 6.45) is 18.8. The first kappa shape index (κ1) is 40.9. The highest BCUT2D eigenvalue weighted by atomic mass is 16.6. The maximum absolute atomic E-state index is 12.2. The lowest BCUT2D eigenvalue weighted by Gasteiger charge is -2.14. The molecule has 1 N–H and O–H groups in total. The van der Waals surface area contributed by atoms with Crippen LogP contribution in [0.4, 0.5) is 4.79 Å². The van der Waals surface area contributed by atoms with Crippen molar-refractivity contribution in [3.63, 3.8) is 0 Å². The highest BCUT2D eigenvalue weighted by Gasteiger charge is 2.28. The third-order valence-electron chi connectivity index (χ3n) is 8.99. The number of carbonyl (C=O) groups excluding carboxylic acids is 1. The standard InChI is InChI=1S/C41H65NO7/c1-2-3-4-5-6-7-8-9-10-11-12-13-14-19-25-44-27-29-46-31-33-48-34-32-47-30-28-45-26-24-42-41(43)49-35-40-38-22-17-15-20-36(38)37-21-16-18-23-39(37)40/h15-18,20-23,40H,2-14,19,24-35H2,1H3,(H,42,43). The summed E-state index contributed by atoms with van der Waals surface area (Å²) < 4.78 is 33.4. The SMILES string of the molecule is CCCCCCCCCCCCCCCCOCCOCCOCCOCCOCCNC(=O)OCC1c2ccccc2-c2ccccc21. The number of amides is 1. The van der Waals surface area contributed by atoms with Crippen molar-refractivity contribution in [2.75, 3.05) is 79.2 Å². The molecule has 8 heteroatoms. The van der Waals surface area contributed by atoms with Crippen LogP contribution in [-0.4, -0.2) is 85.3 Å². The summed E-state index contributed by atoms with van der Waals surface area (Å²) in [5.74, 6) is 0.0519. The summed E-state index contributed by atoms with van der Waals surface area (Å²) in [5, 5.41) is 2.76. The van der Waals surface area contributed by atoms with Gasteiger partial charge in [-0.25, -0.2) is 4.79 Å². The van der Waals surface area contributed by atoms with E-state index in [9.17, 15) is 4.79 Å². The Labute approximate surface area is 296 Å². The molecule has 0 saturated heterocycles. The molecule has 0 unspecified atom stereocenters. The Morgan fingerprint density at radius 3 is 1.37 bits per heavy atom. The summed E-state index contributed by atoms with van der Waals surface area (Å²) in [4.78, 5) is 12.2. The molecule has 1 amide bonds. The average Bonchev–Trinajstić information content (AvgIpc) is 3.45. The molecule has 3 rings (SSSR count). The molecule has 0 aliphatic heterocycles. The molecule has 0 aromatic heterocycles. The number of rotatable bonds is 32. The molecule has 8 nitrogen and oxygen atoms in total. The van der Waals surface area contributed by atoms with Crippen molar-refractivity contribution in [1.29, 1.82) is 0 Å². The lowest BCUT2D eigenvalue weighted by molar-refractivity contribution is -0.0110. The quantitative estimate of drug-likeness (QED) is 0.0771. The van der Waals surface area contributed by atoms with Gasteiger partial charge in [-0.3, -0.25) is 0 Å². The molecule has 0 bridgehead atoms. The Morgan fingerprint density at radius 2 is 0.898 bits per heavy atom. The van der Waals surface area contributed by atoms with Gasteiger partial charge in [0.25, 0.3) is 0 Å². The smallest absolute Gasteiger partial charge is 0.407 e. The van der Waals surface area contributed by atoms with Crippen LogP contribution in [0.15, 0.2) is 48.5 Å². The molecule has 0 saturated carbocycles. The second kappa shape index (κ2) is 28.2. The van der Waals surface area contributed by atoms with Crippen LogP contribution >= 0.6 is 0 Å². The van der Waals surface area contributed by atoms with E-state index in [1.165, 1.54) is 106 Å². The van der Waals surface area contributed by atoms with Crippen molar-refractivity contribution >= 4 is 6.09 Å². The number of benzene rings is 2. The van der Waals surface area contributed by atoms with E-state index in [0.717, 1.165) is 13.0 Å². The third-order valence-corrected chi connectivity index (χ3v) is 8.99. The molecule has 49 heavy (non-hydrogen) atoms. The predicted molar refractivity (Wildman–Crippen MR) is 197 cm³/mol.